The number of hydrogen-bond donors (Lipinski definition) is 2. The van der Waals surface area contributed by atoms with Gasteiger partial charge in [-0.2, -0.15) is 0 Å². The Morgan fingerprint density at radius 1 is 1.00 bits per heavy atom. The normalized spacial score (nSPS) is 10.4. The van der Waals surface area contributed by atoms with Crippen LogP contribution < -0.4 is 15.4 Å². The number of aromatic nitrogens is 3. The molecule has 0 fully saturated rings. The average molecular weight is 397 g/mol. The van der Waals surface area contributed by atoms with Crippen LogP contribution in [-0.4, -0.2) is 28.0 Å². The summed E-state index contributed by atoms with van der Waals surface area (Å²) in [5, 5.41) is 6.93. The number of carbonyl (C=O) groups is 1. The molecule has 0 bridgehead atoms. The van der Waals surface area contributed by atoms with E-state index in [1.54, 1.807) is 19.4 Å². The first-order chi connectivity index (χ1) is 14.7. The van der Waals surface area contributed by atoms with Crippen LogP contribution in [0.25, 0.3) is 22.0 Å². The molecular weight excluding hydrogens is 378 g/mol. The molecule has 0 radical (unpaired) electrons. The van der Waals surface area contributed by atoms with Crippen LogP contribution in [0.2, 0.25) is 0 Å². The Labute approximate surface area is 173 Å². The molecule has 0 aliphatic heterocycles. The van der Waals surface area contributed by atoms with E-state index in [4.69, 9.17) is 4.74 Å². The SMILES string of the molecule is C=CC(=O)Nc1cccc(Nc2ncnc3ccc(-c4ccc(OC)nc4)cc23)c1. The van der Waals surface area contributed by atoms with Crippen molar-refractivity contribution in [2.45, 2.75) is 0 Å². The Balaban J connectivity index is 1.68. The van der Waals surface area contributed by atoms with Crippen molar-refractivity contribution >= 4 is 34.0 Å². The van der Waals surface area contributed by atoms with Crippen LogP contribution in [-0.2, 0) is 4.79 Å². The first-order valence-electron chi connectivity index (χ1n) is 9.22. The molecule has 0 unspecified atom stereocenters. The summed E-state index contributed by atoms with van der Waals surface area (Å²) in [4.78, 5) is 24.6. The largest absolute Gasteiger partial charge is 0.481 e. The molecule has 0 atom stereocenters. The van der Waals surface area contributed by atoms with Gasteiger partial charge in [-0.25, -0.2) is 15.0 Å². The van der Waals surface area contributed by atoms with E-state index >= 15 is 0 Å². The van der Waals surface area contributed by atoms with E-state index in [0.717, 1.165) is 27.7 Å². The van der Waals surface area contributed by atoms with E-state index < -0.39 is 0 Å². The van der Waals surface area contributed by atoms with Gasteiger partial charge in [0.2, 0.25) is 11.8 Å². The molecule has 4 rings (SSSR count). The number of methoxy groups -OCH3 is 1. The van der Waals surface area contributed by atoms with Gasteiger partial charge in [0, 0.05) is 34.6 Å². The van der Waals surface area contributed by atoms with Gasteiger partial charge >= 0.3 is 0 Å². The summed E-state index contributed by atoms with van der Waals surface area (Å²) in [5.41, 5.74) is 4.21. The van der Waals surface area contributed by atoms with Crippen LogP contribution >= 0.6 is 0 Å². The van der Waals surface area contributed by atoms with E-state index in [-0.39, 0.29) is 5.91 Å². The maximum absolute atomic E-state index is 11.6. The third-order valence-corrected chi connectivity index (χ3v) is 4.49. The predicted molar refractivity (Wildman–Crippen MR) is 118 cm³/mol. The van der Waals surface area contributed by atoms with Gasteiger partial charge < -0.3 is 15.4 Å². The van der Waals surface area contributed by atoms with Gasteiger partial charge in [-0.3, -0.25) is 4.79 Å². The van der Waals surface area contributed by atoms with Crippen LogP contribution in [0.4, 0.5) is 17.2 Å². The minimum Gasteiger partial charge on any atom is -0.481 e. The predicted octanol–water partition coefficient (Wildman–Crippen LogP) is 4.57. The van der Waals surface area contributed by atoms with Crippen LogP contribution in [0.15, 0.2) is 79.8 Å². The molecular formula is C23H19N5O2. The van der Waals surface area contributed by atoms with Crippen molar-refractivity contribution in [3.05, 3.63) is 79.8 Å². The maximum Gasteiger partial charge on any atom is 0.247 e. The molecule has 2 aromatic heterocycles. The Morgan fingerprint density at radius 3 is 2.60 bits per heavy atom. The second kappa shape index (κ2) is 8.40. The number of ether oxygens (including phenoxy) is 1. The van der Waals surface area contributed by atoms with E-state index in [2.05, 4.69) is 32.2 Å². The summed E-state index contributed by atoms with van der Waals surface area (Å²) in [6, 6.07) is 17.1. The lowest BCUT2D eigenvalue weighted by molar-refractivity contribution is -0.111. The summed E-state index contributed by atoms with van der Waals surface area (Å²) in [6.07, 6.45) is 4.51. The highest BCUT2D eigenvalue weighted by atomic mass is 16.5. The fourth-order valence-corrected chi connectivity index (χ4v) is 3.01. The minimum absolute atomic E-state index is 0.266. The molecule has 0 aliphatic rings. The average Bonchev–Trinajstić information content (AvgIpc) is 2.79. The molecule has 30 heavy (non-hydrogen) atoms. The number of rotatable bonds is 6. The lowest BCUT2D eigenvalue weighted by Gasteiger charge is -2.11. The summed E-state index contributed by atoms with van der Waals surface area (Å²) >= 11 is 0. The van der Waals surface area contributed by atoms with Crippen LogP contribution in [0.5, 0.6) is 5.88 Å². The molecule has 2 heterocycles. The first-order valence-corrected chi connectivity index (χ1v) is 9.22. The van der Waals surface area contributed by atoms with Gasteiger partial charge in [-0.05, 0) is 48.0 Å². The standard InChI is InChI=1S/C23H19N5O2/c1-3-21(29)27-17-5-4-6-18(12-17)28-23-19-11-15(7-9-20(19)25-14-26-23)16-8-10-22(30-2)24-13-16/h3-14H,1H2,2H3,(H,27,29)(H,25,26,28). The zero-order valence-electron chi connectivity index (χ0n) is 16.3. The zero-order valence-corrected chi connectivity index (χ0v) is 16.3. The van der Waals surface area contributed by atoms with E-state index in [1.807, 2.05) is 48.5 Å². The van der Waals surface area contributed by atoms with Crippen LogP contribution in [0.1, 0.15) is 0 Å². The van der Waals surface area contributed by atoms with E-state index in [0.29, 0.717) is 17.4 Å². The fourth-order valence-electron chi connectivity index (χ4n) is 3.01. The molecule has 0 spiro atoms. The number of carbonyl (C=O) groups excluding carboxylic acids is 1. The number of amides is 1. The highest BCUT2D eigenvalue weighted by Crippen LogP contribution is 2.29. The number of nitrogens with one attached hydrogen (secondary N) is 2. The summed E-state index contributed by atoms with van der Waals surface area (Å²) in [6.45, 7) is 3.47. The third-order valence-electron chi connectivity index (χ3n) is 4.49. The quantitative estimate of drug-likeness (QED) is 0.463. The summed E-state index contributed by atoms with van der Waals surface area (Å²) in [5.74, 6) is 0.960. The van der Waals surface area contributed by atoms with Gasteiger partial charge in [0.25, 0.3) is 0 Å². The van der Waals surface area contributed by atoms with Crippen LogP contribution in [0.3, 0.4) is 0 Å². The van der Waals surface area contributed by atoms with Gasteiger partial charge in [0.15, 0.2) is 0 Å². The van der Waals surface area contributed by atoms with Crippen molar-refractivity contribution in [1.82, 2.24) is 15.0 Å². The fraction of sp³-hybridized carbons (Fsp3) is 0.0435. The van der Waals surface area contributed by atoms with Crippen molar-refractivity contribution in [1.29, 1.82) is 0 Å². The molecule has 0 saturated carbocycles. The van der Waals surface area contributed by atoms with Crippen molar-refractivity contribution in [2.24, 2.45) is 0 Å². The highest BCUT2D eigenvalue weighted by molar-refractivity contribution is 5.99. The highest BCUT2D eigenvalue weighted by Gasteiger charge is 2.08. The second-order valence-corrected chi connectivity index (χ2v) is 6.44. The number of fused-ring (bicyclic) bond motifs is 1. The summed E-state index contributed by atoms with van der Waals surface area (Å²) in [7, 11) is 1.59. The van der Waals surface area contributed by atoms with Crippen molar-refractivity contribution in [3.8, 4) is 17.0 Å². The van der Waals surface area contributed by atoms with Crippen molar-refractivity contribution < 1.29 is 9.53 Å². The van der Waals surface area contributed by atoms with Gasteiger partial charge in [0.1, 0.15) is 12.1 Å². The third kappa shape index (κ3) is 4.10. The Morgan fingerprint density at radius 2 is 1.83 bits per heavy atom. The van der Waals surface area contributed by atoms with Gasteiger partial charge in [-0.15, -0.1) is 0 Å². The second-order valence-electron chi connectivity index (χ2n) is 6.44. The molecule has 1 amide bonds. The Kier molecular flexibility index (Phi) is 5.34. The molecule has 2 aromatic carbocycles. The molecule has 2 N–H and O–H groups in total. The van der Waals surface area contributed by atoms with Gasteiger partial charge in [0.05, 0.1) is 12.6 Å². The van der Waals surface area contributed by atoms with Crippen LogP contribution in [0, 0.1) is 0 Å². The lowest BCUT2D eigenvalue weighted by Crippen LogP contribution is -2.07. The molecule has 0 saturated heterocycles. The smallest absolute Gasteiger partial charge is 0.247 e. The number of pyridine rings is 1. The molecule has 7 nitrogen and oxygen atoms in total. The maximum atomic E-state index is 11.6. The molecule has 148 valence electrons. The zero-order chi connectivity index (χ0) is 20.9. The topological polar surface area (TPSA) is 89.0 Å². The number of anilines is 3. The van der Waals surface area contributed by atoms with Crippen molar-refractivity contribution in [2.75, 3.05) is 17.7 Å². The first kappa shape index (κ1) is 19.1. The number of benzene rings is 2. The Hall–Kier alpha value is -4.26. The minimum atomic E-state index is -0.266. The molecule has 0 aliphatic carbocycles. The summed E-state index contributed by atoms with van der Waals surface area (Å²) < 4.78 is 5.13. The van der Waals surface area contributed by atoms with E-state index in [1.165, 1.54) is 12.4 Å². The van der Waals surface area contributed by atoms with E-state index in [9.17, 15) is 4.79 Å². The lowest BCUT2D eigenvalue weighted by atomic mass is 10.1. The molecule has 7 heteroatoms. The van der Waals surface area contributed by atoms with Crippen molar-refractivity contribution in [3.63, 3.8) is 0 Å². The Bertz CT molecular complexity index is 1220. The number of nitrogens with zero attached hydrogens (tertiary/aromatic N) is 3. The monoisotopic (exact) mass is 397 g/mol. The number of hydrogen-bond acceptors (Lipinski definition) is 6. The van der Waals surface area contributed by atoms with Gasteiger partial charge in [-0.1, -0.05) is 18.7 Å². The molecule has 4 aromatic rings.